The second kappa shape index (κ2) is 5.38. The van der Waals surface area contributed by atoms with Crippen LogP contribution in [0.15, 0.2) is 18.2 Å². The Morgan fingerprint density at radius 3 is 2.53 bits per heavy atom. The van der Waals surface area contributed by atoms with Gasteiger partial charge in [-0.15, -0.1) is 0 Å². The molecule has 0 bridgehead atoms. The second-order valence-corrected chi connectivity index (χ2v) is 4.71. The van der Waals surface area contributed by atoms with E-state index in [9.17, 15) is 4.79 Å². The first-order chi connectivity index (χ1) is 9.08. The average Bonchev–Trinajstić information content (AvgIpc) is 2.80. The minimum Gasteiger partial charge on any atom is -0.493 e. The number of hydrogen-bond acceptors (Lipinski definition) is 4. The summed E-state index contributed by atoms with van der Waals surface area (Å²) in [5.41, 5.74) is 0.967. The Labute approximate surface area is 112 Å². The van der Waals surface area contributed by atoms with Crippen LogP contribution in [-0.2, 0) is 4.79 Å². The number of benzene rings is 1. The smallest absolute Gasteiger partial charge is 0.308 e. The van der Waals surface area contributed by atoms with Crippen molar-refractivity contribution in [2.45, 2.75) is 19.4 Å². The maximum atomic E-state index is 11.1. The minimum atomic E-state index is -0.726. The number of carbonyl (C=O) groups is 1. The van der Waals surface area contributed by atoms with Crippen LogP contribution in [0.3, 0.4) is 0 Å². The van der Waals surface area contributed by atoms with E-state index in [-0.39, 0.29) is 12.0 Å². The fourth-order valence-corrected chi connectivity index (χ4v) is 2.64. The molecule has 2 unspecified atom stereocenters. The molecule has 1 saturated heterocycles. The molecule has 0 radical (unpaired) electrons. The zero-order chi connectivity index (χ0) is 14.0. The molecule has 1 aromatic rings. The van der Waals surface area contributed by atoms with E-state index >= 15 is 0 Å². The maximum absolute atomic E-state index is 11.1. The first-order valence-corrected chi connectivity index (χ1v) is 6.30. The van der Waals surface area contributed by atoms with E-state index in [2.05, 4.69) is 4.90 Å². The number of carboxylic acids is 1. The van der Waals surface area contributed by atoms with Crippen molar-refractivity contribution in [3.8, 4) is 11.5 Å². The van der Waals surface area contributed by atoms with Crippen LogP contribution in [0, 0.1) is 5.92 Å². The Morgan fingerprint density at radius 2 is 2.00 bits per heavy atom. The second-order valence-electron chi connectivity index (χ2n) is 4.71. The summed E-state index contributed by atoms with van der Waals surface area (Å²) in [6.07, 6.45) is 0.671. The highest BCUT2D eigenvalue weighted by atomic mass is 16.5. The van der Waals surface area contributed by atoms with Crippen LogP contribution in [-0.4, -0.2) is 37.9 Å². The van der Waals surface area contributed by atoms with Gasteiger partial charge in [0.25, 0.3) is 0 Å². The number of anilines is 1. The summed E-state index contributed by atoms with van der Waals surface area (Å²) in [5, 5.41) is 9.16. The van der Waals surface area contributed by atoms with Gasteiger partial charge in [-0.3, -0.25) is 4.79 Å². The summed E-state index contributed by atoms with van der Waals surface area (Å²) in [4.78, 5) is 13.2. The molecule has 1 heterocycles. The number of methoxy groups -OCH3 is 2. The summed E-state index contributed by atoms with van der Waals surface area (Å²) in [5.74, 6) is 0.294. The van der Waals surface area contributed by atoms with Gasteiger partial charge in [0.15, 0.2) is 11.5 Å². The molecular weight excluding hydrogens is 246 g/mol. The van der Waals surface area contributed by atoms with E-state index in [0.717, 1.165) is 12.2 Å². The zero-order valence-corrected chi connectivity index (χ0v) is 11.4. The molecule has 0 spiro atoms. The van der Waals surface area contributed by atoms with Gasteiger partial charge in [0.05, 0.1) is 20.1 Å². The molecule has 1 N–H and O–H groups in total. The molecule has 2 atom stereocenters. The lowest BCUT2D eigenvalue weighted by molar-refractivity contribution is -0.141. The quantitative estimate of drug-likeness (QED) is 0.902. The van der Waals surface area contributed by atoms with Crippen molar-refractivity contribution in [1.82, 2.24) is 0 Å². The van der Waals surface area contributed by atoms with Crippen molar-refractivity contribution in [2.24, 2.45) is 5.92 Å². The summed E-state index contributed by atoms with van der Waals surface area (Å²) in [7, 11) is 3.19. The number of aliphatic carboxylic acids is 1. The number of rotatable bonds is 4. The lowest BCUT2D eigenvalue weighted by Crippen LogP contribution is -2.32. The van der Waals surface area contributed by atoms with Gasteiger partial charge in [-0.25, -0.2) is 0 Å². The zero-order valence-electron chi connectivity index (χ0n) is 11.4. The molecule has 0 amide bonds. The van der Waals surface area contributed by atoms with Crippen molar-refractivity contribution in [3.63, 3.8) is 0 Å². The first kappa shape index (κ1) is 13.5. The summed E-state index contributed by atoms with van der Waals surface area (Å²) in [6.45, 7) is 2.69. The normalized spacial score (nSPS) is 22.4. The van der Waals surface area contributed by atoms with Crippen molar-refractivity contribution in [3.05, 3.63) is 18.2 Å². The third-order valence-corrected chi connectivity index (χ3v) is 3.77. The van der Waals surface area contributed by atoms with Gasteiger partial charge in [-0.2, -0.15) is 0 Å². The molecule has 1 aliphatic rings. The first-order valence-electron chi connectivity index (χ1n) is 6.30. The lowest BCUT2D eigenvalue weighted by atomic mass is 10.0. The summed E-state index contributed by atoms with van der Waals surface area (Å²) >= 11 is 0. The molecular formula is C14H19NO4. The molecule has 1 aliphatic heterocycles. The molecule has 0 aliphatic carbocycles. The molecule has 1 fully saturated rings. The van der Waals surface area contributed by atoms with Crippen LogP contribution in [0.4, 0.5) is 5.69 Å². The summed E-state index contributed by atoms with van der Waals surface area (Å²) < 4.78 is 10.5. The van der Waals surface area contributed by atoms with Crippen LogP contribution < -0.4 is 14.4 Å². The standard InChI is InChI=1S/C14H19NO4/c1-9-11(14(16)17)6-7-15(9)10-4-5-12(18-2)13(8-10)19-3/h4-5,8-9,11H,6-7H2,1-3H3,(H,16,17). The average molecular weight is 265 g/mol. The fraction of sp³-hybridized carbons (Fsp3) is 0.500. The largest absolute Gasteiger partial charge is 0.493 e. The number of nitrogens with zero attached hydrogens (tertiary/aromatic N) is 1. The van der Waals surface area contributed by atoms with Gasteiger partial charge in [-0.05, 0) is 25.5 Å². The van der Waals surface area contributed by atoms with Crippen LogP contribution in [0.1, 0.15) is 13.3 Å². The minimum absolute atomic E-state index is 0.0180. The van der Waals surface area contributed by atoms with E-state index in [0.29, 0.717) is 17.9 Å². The van der Waals surface area contributed by atoms with Crippen molar-refractivity contribution in [1.29, 1.82) is 0 Å². The van der Waals surface area contributed by atoms with Gasteiger partial charge in [-0.1, -0.05) is 0 Å². The highest BCUT2D eigenvalue weighted by Gasteiger charge is 2.35. The monoisotopic (exact) mass is 265 g/mol. The van der Waals surface area contributed by atoms with Crippen molar-refractivity contribution >= 4 is 11.7 Å². The van der Waals surface area contributed by atoms with Gasteiger partial charge in [0, 0.05) is 24.3 Å². The molecule has 2 rings (SSSR count). The Hall–Kier alpha value is -1.91. The van der Waals surface area contributed by atoms with E-state index in [4.69, 9.17) is 14.6 Å². The third-order valence-electron chi connectivity index (χ3n) is 3.77. The lowest BCUT2D eigenvalue weighted by Gasteiger charge is -2.26. The molecule has 19 heavy (non-hydrogen) atoms. The SMILES string of the molecule is COc1ccc(N2CCC(C(=O)O)C2C)cc1OC. The number of ether oxygens (including phenoxy) is 2. The van der Waals surface area contributed by atoms with Crippen LogP contribution in [0.5, 0.6) is 11.5 Å². The topological polar surface area (TPSA) is 59.0 Å². The van der Waals surface area contributed by atoms with Crippen LogP contribution >= 0.6 is 0 Å². The van der Waals surface area contributed by atoms with Gasteiger partial charge in [0.1, 0.15) is 0 Å². The summed E-state index contributed by atoms with van der Waals surface area (Å²) in [6, 6.07) is 5.65. The van der Waals surface area contributed by atoms with Crippen LogP contribution in [0.2, 0.25) is 0 Å². The molecule has 0 aromatic heterocycles. The molecule has 104 valence electrons. The van der Waals surface area contributed by atoms with Gasteiger partial charge < -0.3 is 19.5 Å². The van der Waals surface area contributed by atoms with Gasteiger partial charge in [0.2, 0.25) is 0 Å². The van der Waals surface area contributed by atoms with Crippen molar-refractivity contribution < 1.29 is 19.4 Å². The highest BCUT2D eigenvalue weighted by Crippen LogP contribution is 2.35. The molecule has 0 saturated carbocycles. The number of carboxylic acid groups (broad SMARTS) is 1. The highest BCUT2D eigenvalue weighted by molar-refractivity contribution is 5.73. The Morgan fingerprint density at radius 1 is 1.32 bits per heavy atom. The van der Waals surface area contributed by atoms with E-state index < -0.39 is 5.97 Å². The maximum Gasteiger partial charge on any atom is 0.308 e. The fourth-order valence-electron chi connectivity index (χ4n) is 2.64. The third kappa shape index (κ3) is 2.45. The van der Waals surface area contributed by atoms with E-state index in [1.54, 1.807) is 14.2 Å². The van der Waals surface area contributed by atoms with E-state index in [1.807, 2.05) is 25.1 Å². The Kier molecular flexibility index (Phi) is 3.83. The predicted octanol–water partition coefficient (Wildman–Crippen LogP) is 2.00. The van der Waals surface area contributed by atoms with E-state index in [1.165, 1.54) is 0 Å². The molecule has 1 aromatic carbocycles. The van der Waals surface area contributed by atoms with Gasteiger partial charge >= 0.3 is 5.97 Å². The predicted molar refractivity (Wildman–Crippen MR) is 72.1 cm³/mol. The van der Waals surface area contributed by atoms with Crippen LogP contribution in [0.25, 0.3) is 0 Å². The number of hydrogen-bond donors (Lipinski definition) is 1. The molecule has 5 heteroatoms. The van der Waals surface area contributed by atoms with Crippen molar-refractivity contribution in [2.75, 3.05) is 25.7 Å². The molecule has 5 nitrogen and oxygen atoms in total. The Bertz CT molecular complexity index is 475. The Balaban J connectivity index is 2.26.